The number of aryl methyl sites for hydroxylation is 4. The van der Waals surface area contributed by atoms with Gasteiger partial charge in [0.05, 0.1) is 0 Å². The number of halogens is 2. The van der Waals surface area contributed by atoms with E-state index in [1.165, 1.54) is 54.9 Å². The van der Waals surface area contributed by atoms with Crippen LogP contribution in [0.2, 0.25) is 0 Å². The number of hydrogen-bond donors (Lipinski definition) is 0. The van der Waals surface area contributed by atoms with E-state index in [4.69, 9.17) is 0 Å². The molecule has 6 aromatic rings. The van der Waals surface area contributed by atoms with Crippen LogP contribution in [0.3, 0.4) is 0 Å². The second-order valence-corrected chi connectivity index (χ2v) is 9.56. The van der Waals surface area contributed by atoms with Crippen molar-refractivity contribution in [3.63, 3.8) is 0 Å². The molecule has 0 atom stereocenters. The van der Waals surface area contributed by atoms with Gasteiger partial charge in [-0.2, -0.15) is 12.1 Å². The molecule has 0 amide bonds. The minimum absolute atomic E-state index is 0. The third-order valence-corrected chi connectivity index (χ3v) is 7.73. The van der Waals surface area contributed by atoms with Crippen molar-refractivity contribution in [2.45, 2.75) is 25.7 Å². The first-order chi connectivity index (χ1) is 16.9. The summed E-state index contributed by atoms with van der Waals surface area (Å²) in [6, 6.07) is 40.3. The summed E-state index contributed by atoms with van der Waals surface area (Å²) >= 11 is 0. The second kappa shape index (κ2) is 11.5. The Bertz CT molecular complexity index is 1520. The Kier molecular flexibility index (Phi) is 8.60. The Morgan fingerprint density at radius 2 is 0.865 bits per heavy atom. The van der Waals surface area contributed by atoms with E-state index in [1.807, 2.05) is 0 Å². The topological polar surface area (TPSA) is 0 Å². The van der Waals surface area contributed by atoms with Gasteiger partial charge in [-0.05, 0) is 24.0 Å². The Hall–Kier alpha value is -2.44. The first kappa shape index (κ1) is 27.6. The molecule has 0 radical (unpaired) electrons. The SMILES string of the molecule is [Cl-].[Cl-].[Zr+4].c1ccc(-c2cccc3c2cc2[c-]3CCc3cc4c(-c5ccccc5)cccc4[c-]3CC2)cc1. The van der Waals surface area contributed by atoms with E-state index in [-0.39, 0.29) is 51.0 Å². The first-order valence-corrected chi connectivity index (χ1v) is 12.4. The van der Waals surface area contributed by atoms with E-state index in [2.05, 4.69) is 109 Å². The van der Waals surface area contributed by atoms with Gasteiger partial charge < -0.3 is 24.8 Å². The van der Waals surface area contributed by atoms with Gasteiger partial charge in [-0.25, -0.2) is 0 Å². The summed E-state index contributed by atoms with van der Waals surface area (Å²) in [7, 11) is 0. The zero-order valence-electron chi connectivity index (χ0n) is 20.5. The van der Waals surface area contributed by atoms with Gasteiger partial charge in [-0.1, -0.05) is 96.8 Å². The summed E-state index contributed by atoms with van der Waals surface area (Å²) < 4.78 is 0. The molecule has 0 nitrogen and oxygen atoms in total. The maximum atomic E-state index is 2.48. The molecule has 0 spiro atoms. The third kappa shape index (κ3) is 4.79. The summed E-state index contributed by atoms with van der Waals surface area (Å²) in [5, 5.41) is 5.72. The van der Waals surface area contributed by atoms with Crippen molar-refractivity contribution in [3.05, 3.63) is 131 Å². The minimum atomic E-state index is 0. The summed E-state index contributed by atoms with van der Waals surface area (Å²) in [4.78, 5) is 0. The Labute approximate surface area is 250 Å². The largest absolute Gasteiger partial charge is 4.00 e. The van der Waals surface area contributed by atoms with Gasteiger partial charge in [0.15, 0.2) is 0 Å². The van der Waals surface area contributed by atoms with Crippen LogP contribution in [0.5, 0.6) is 0 Å². The average molecular weight is 597 g/mol. The molecular weight excluding hydrogens is 571 g/mol. The predicted molar refractivity (Wildman–Crippen MR) is 145 cm³/mol. The van der Waals surface area contributed by atoms with Crippen LogP contribution >= 0.6 is 0 Å². The van der Waals surface area contributed by atoms with Crippen molar-refractivity contribution in [1.82, 2.24) is 0 Å². The first-order valence-electron chi connectivity index (χ1n) is 12.4. The smallest absolute Gasteiger partial charge is 1.00 e. The van der Waals surface area contributed by atoms with Crippen LogP contribution in [0.1, 0.15) is 22.3 Å². The Morgan fingerprint density at radius 3 is 1.27 bits per heavy atom. The quantitative estimate of drug-likeness (QED) is 0.270. The number of fused-ring (bicyclic) bond motifs is 6. The molecule has 6 aromatic carbocycles. The van der Waals surface area contributed by atoms with Crippen molar-refractivity contribution in [3.8, 4) is 22.3 Å². The number of hydrogen-bond acceptors (Lipinski definition) is 0. The van der Waals surface area contributed by atoms with Gasteiger partial charge in [0.1, 0.15) is 0 Å². The molecule has 1 aliphatic carbocycles. The van der Waals surface area contributed by atoms with Crippen molar-refractivity contribution in [2.24, 2.45) is 0 Å². The summed E-state index contributed by atoms with van der Waals surface area (Å²) in [6.07, 6.45) is 4.45. The van der Waals surface area contributed by atoms with Crippen LogP contribution in [-0.4, -0.2) is 0 Å². The van der Waals surface area contributed by atoms with Crippen LogP contribution in [0.25, 0.3) is 43.8 Å². The fourth-order valence-corrected chi connectivity index (χ4v) is 6.13. The molecule has 180 valence electrons. The fraction of sp³-hybridized carbons (Fsp3) is 0.118. The average Bonchev–Trinajstić information content (AvgIpc) is 3.42. The van der Waals surface area contributed by atoms with E-state index >= 15 is 0 Å². The molecule has 3 heteroatoms. The monoisotopic (exact) mass is 594 g/mol. The van der Waals surface area contributed by atoms with Crippen molar-refractivity contribution < 1.29 is 51.0 Å². The van der Waals surface area contributed by atoms with Crippen molar-refractivity contribution in [1.29, 1.82) is 0 Å². The molecule has 0 N–H and O–H groups in total. The molecule has 0 fully saturated rings. The molecule has 0 aliphatic heterocycles. The van der Waals surface area contributed by atoms with E-state index in [9.17, 15) is 0 Å². The van der Waals surface area contributed by atoms with E-state index in [0.717, 1.165) is 25.7 Å². The van der Waals surface area contributed by atoms with Gasteiger partial charge in [-0.15, -0.1) is 68.1 Å². The molecule has 0 bridgehead atoms. The van der Waals surface area contributed by atoms with Gasteiger partial charge in [0, 0.05) is 0 Å². The van der Waals surface area contributed by atoms with Crippen LogP contribution in [-0.2, 0) is 51.9 Å². The molecule has 0 saturated heterocycles. The Morgan fingerprint density at radius 1 is 0.459 bits per heavy atom. The van der Waals surface area contributed by atoms with Gasteiger partial charge in [0.25, 0.3) is 0 Å². The summed E-state index contributed by atoms with van der Waals surface area (Å²) in [5.41, 5.74) is 11.5. The van der Waals surface area contributed by atoms with Crippen LogP contribution in [0, 0.1) is 0 Å². The van der Waals surface area contributed by atoms with Crippen LogP contribution < -0.4 is 24.8 Å². The maximum absolute atomic E-state index is 2.48. The summed E-state index contributed by atoms with van der Waals surface area (Å²) in [5.74, 6) is 0. The molecule has 37 heavy (non-hydrogen) atoms. The standard InChI is InChI=1S/C34H26.2ClH.Zr/c1-3-9-23(10-4-1)27-13-7-15-31-29-19-18-26-22-34-28(24-11-5-2-6-12-24)14-8-16-32(34)30(26)20-17-25(29)21-33(27)31;;;/h1-16,21-22H,17-20H2;2*1H;/q-2;;;+4/p-2. The number of benzene rings is 4. The molecule has 0 aromatic heterocycles. The third-order valence-electron chi connectivity index (χ3n) is 7.73. The van der Waals surface area contributed by atoms with Gasteiger partial charge in [-0.3, -0.25) is 0 Å². The normalized spacial score (nSPS) is 12.3. The van der Waals surface area contributed by atoms with E-state index in [0.29, 0.717) is 0 Å². The summed E-state index contributed by atoms with van der Waals surface area (Å²) in [6.45, 7) is 0. The van der Waals surface area contributed by atoms with E-state index < -0.39 is 0 Å². The van der Waals surface area contributed by atoms with Gasteiger partial charge >= 0.3 is 26.2 Å². The Balaban J connectivity index is 0.00000107. The predicted octanol–water partition coefficient (Wildman–Crippen LogP) is 2.65. The second-order valence-electron chi connectivity index (χ2n) is 9.56. The molecular formula is C34H26Cl2Zr. The zero-order valence-corrected chi connectivity index (χ0v) is 24.4. The van der Waals surface area contributed by atoms with Crippen LogP contribution in [0.15, 0.2) is 109 Å². The van der Waals surface area contributed by atoms with Crippen LogP contribution in [0.4, 0.5) is 0 Å². The molecule has 7 rings (SSSR count). The molecule has 0 unspecified atom stereocenters. The molecule has 0 heterocycles. The van der Waals surface area contributed by atoms with Crippen molar-refractivity contribution >= 4 is 21.5 Å². The molecule has 1 aliphatic rings. The van der Waals surface area contributed by atoms with E-state index in [1.54, 1.807) is 11.1 Å². The van der Waals surface area contributed by atoms with Crippen molar-refractivity contribution in [2.75, 3.05) is 0 Å². The fourth-order valence-electron chi connectivity index (χ4n) is 6.13. The molecule has 0 saturated carbocycles. The minimum Gasteiger partial charge on any atom is -1.00 e. The van der Waals surface area contributed by atoms with Gasteiger partial charge in [0.2, 0.25) is 0 Å². The zero-order chi connectivity index (χ0) is 22.5. The maximum Gasteiger partial charge on any atom is 4.00 e. The number of rotatable bonds is 2.